The van der Waals surface area contributed by atoms with Crippen LogP contribution in [0.5, 0.6) is 0 Å². The first kappa shape index (κ1) is 16.8. The zero-order valence-corrected chi connectivity index (χ0v) is 11.1. The third-order valence-electron chi connectivity index (χ3n) is 2.04. The number of rotatable bonds is 4. The molecule has 1 aromatic rings. The molecule has 0 heterocycles. The summed E-state index contributed by atoms with van der Waals surface area (Å²) in [4.78, 5) is 0. The Labute approximate surface area is 108 Å². The van der Waals surface area contributed by atoms with Gasteiger partial charge in [-0.1, -0.05) is 0 Å². The van der Waals surface area contributed by atoms with E-state index in [1.54, 1.807) is 0 Å². The van der Waals surface area contributed by atoms with Gasteiger partial charge in [0.25, 0.3) is 0 Å². The number of benzene rings is 1. The first-order valence-corrected chi connectivity index (χ1v) is 5.40. The van der Waals surface area contributed by atoms with Crippen molar-refractivity contribution in [2.24, 2.45) is 0 Å². The molecule has 0 aliphatic carbocycles. The molecule has 0 aliphatic heterocycles. The van der Waals surface area contributed by atoms with E-state index in [-0.39, 0.29) is 24.8 Å². The van der Waals surface area contributed by atoms with Gasteiger partial charge in [0.2, 0.25) is 0 Å². The Morgan fingerprint density at radius 1 is 1.00 bits per heavy atom. The molecule has 0 bridgehead atoms. The molecule has 0 aromatic heterocycles. The van der Waals surface area contributed by atoms with Gasteiger partial charge in [-0.2, -0.15) is 0 Å². The minimum Gasteiger partial charge on any atom is -1.00 e. The van der Waals surface area contributed by atoms with E-state index < -0.39 is 0 Å². The number of unbranched alkanes of at least 4 members (excludes halogenated alkanes) is 1. The molecule has 0 amide bonds. The topological polar surface area (TPSA) is 0 Å². The van der Waals surface area contributed by atoms with Crippen molar-refractivity contribution in [3.8, 4) is 0 Å². The van der Waals surface area contributed by atoms with Crippen molar-refractivity contribution in [1.29, 1.82) is 0 Å². The summed E-state index contributed by atoms with van der Waals surface area (Å²) in [5.41, 5.74) is 2.82. The van der Waals surface area contributed by atoms with Gasteiger partial charge in [-0.25, -0.2) is 0 Å². The maximum absolute atomic E-state index is 2.77. The summed E-state index contributed by atoms with van der Waals surface area (Å²) in [6, 6.07) is 8.85. The zero-order chi connectivity index (χ0) is 8.81. The summed E-state index contributed by atoms with van der Waals surface area (Å²) < 4.78 is 0. The Bertz CT molecular complexity index is 221. The average Bonchev–Trinajstić information content (AvgIpc) is 2.09. The Balaban J connectivity index is 0. The van der Waals surface area contributed by atoms with E-state index in [0.29, 0.717) is 0 Å². The van der Waals surface area contributed by atoms with E-state index >= 15 is 0 Å². The normalized spacial score (nSPS) is 8.79. The summed E-state index contributed by atoms with van der Waals surface area (Å²) in [5.74, 6) is 0. The van der Waals surface area contributed by atoms with Crippen LogP contribution in [-0.2, 0) is 6.42 Å². The van der Waals surface area contributed by atoms with Gasteiger partial charge in [-0.3, -0.25) is 0 Å². The molecule has 0 atom stereocenters. The number of aryl methyl sites for hydroxylation is 2. The Kier molecular flexibility index (Phi) is 11.8. The van der Waals surface area contributed by atoms with E-state index in [9.17, 15) is 0 Å². The van der Waals surface area contributed by atoms with Gasteiger partial charge < -0.3 is 24.8 Å². The summed E-state index contributed by atoms with van der Waals surface area (Å²) >= 11 is 2.77. The van der Waals surface area contributed by atoms with Gasteiger partial charge in [-0.05, 0) is 0 Å². The second kappa shape index (κ2) is 9.87. The molecule has 1 aromatic carbocycles. The van der Waals surface area contributed by atoms with Crippen LogP contribution in [-0.4, -0.2) is 16.3 Å². The van der Waals surface area contributed by atoms with Crippen LogP contribution in [0.15, 0.2) is 24.3 Å². The van der Waals surface area contributed by atoms with E-state index in [1.807, 2.05) is 0 Å². The predicted molar refractivity (Wildman–Crippen MR) is 54.7 cm³/mol. The molecule has 0 aliphatic rings. The van der Waals surface area contributed by atoms with Crippen LogP contribution in [0.4, 0.5) is 0 Å². The van der Waals surface area contributed by atoms with Crippen LogP contribution in [0.1, 0.15) is 24.0 Å². The maximum Gasteiger partial charge on any atom is -1.00 e. The number of hydrogen-bond donors (Lipinski definition) is 0. The van der Waals surface area contributed by atoms with Gasteiger partial charge >= 0.3 is 83.2 Å². The van der Waals surface area contributed by atoms with Gasteiger partial charge in [0, 0.05) is 0 Å². The molecule has 0 saturated heterocycles. The SMILES string of the molecule is Cc1ccc(CCC[CH2][Al+2])cc1.[Cl-].[Cl-]. The molecule has 0 fully saturated rings. The molecule has 0 saturated carbocycles. The van der Waals surface area contributed by atoms with Crippen LogP contribution in [0.3, 0.4) is 0 Å². The number of hydrogen-bond acceptors (Lipinski definition) is 0. The quantitative estimate of drug-likeness (QED) is 0.390. The van der Waals surface area contributed by atoms with Crippen molar-refractivity contribution >= 4 is 16.3 Å². The molecule has 0 spiro atoms. The van der Waals surface area contributed by atoms with Crippen LogP contribution in [0, 0.1) is 6.92 Å². The molecule has 1 rings (SSSR count). The van der Waals surface area contributed by atoms with Gasteiger partial charge in [-0.15, -0.1) is 0 Å². The van der Waals surface area contributed by atoms with Gasteiger partial charge in [0.15, 0.2) is 0 Å². The second-order valence-corrected chi connectivity index (χ2v) is 3.81. The molecule has 0 unspecified atom stereocenters. The minimum absolute atomic E-state index is 0. The summed E-state index contributed by atoms with van der Waals surface area (Å²) in [5, 5.41) is 1.23. The predicted octanol–water partition coefficient (Wildman–Crippen LogP) is -3.09. The van der Waals surface area contributed by atoms with Crippen molar-refractivity contribution in [2.75, 3.05) is 0 Å². The molecular formula is C11H15AlCl2. The summed E-state index contributed by atoms with van der Waals surface area (Å²) in [7, 11) is 0. The molecule has 3 heteroatoms. The molecular weight excluding hydrogens is 230 g/mol. The standard InChI is InChI=1S/C11H15.Al.2ClH/c1-3-4-5-11-8-6-10(2)7-9-11;;;/h6-9H,1,3-5H2,2H3;;2*1H/q;+2;;/p-2. The zero-order valence-electron chi connectivity index (χ0n) is 8.47. The monoisotopic (exact) mass is 244 g/mol. The van der Waals surface area contributed by atoms with E-state index in [2.05, 4.69) is 47.5 Å². The Hall–Kier alpha value is 0.332. The van der Waals surface area contributed by atoms with Crippen molar-refractivity contribution in [2.45, 2.75) is 31.5 Å². The van der Waals surface area contributed by atoms with Crippen molar-refractivity contribution in [3.63, 3.8) is 0 Å². The smallest absolute Gasteiger partial charge is 1.00 e. The van der Waals surface area contributed by atoms with Crippen molar-refractivity contribution < 1.29 is 24.8 Å². The summed E-state index contributed by atoms with van der Waals surface area (Å²) in [6.07, 6.45) is 3.86. The first-order valence-electron chi connectivity index (χ1n) is 4.58. The molecule has 76 valence electrons. The second-order valence-electron chi connectivity index (χ2n) is 3.23. The third kappa shape index (κ3) is 6.74. The fourth-order valence-corrected chi connectivity index (χ4v) is 1.52. The van der Waals surface area contributed by atoms with Gasteiger partial charge in [0.1, 0.15) is 0 Å². The van der Waals surface area contributed by atoms with Gasteiger partial charge in [0.05, 0.1) is 0 Å². The molecule has 14 heavy (non-hydrogen) atoms. The summed E-state index contributed by atoms with van der Waals surface area (Å²) in [6.45, 7) is 2.13. The van der Waals surface area contributed by atoms with Crippen LogP contribution in [0.25, 0.3) is 0 Å². The van der Waals surface area contributed by atoms with Crippen molar-refractivity contribution in [3.05, 3.63) is 35.4 Å². The van der Waals surface area contributed by atoms with E-state index in [0.717, 1.165) is 0 Å². The van der Waals surface area contributed by atoms with Crippen LogP contribution >= 0.6 is 0 Å². The minimum atomic E-state index is 0. The number of halogens is 2. The van der Waals surface area contributed by atoms with E-state index in [4.69, 9.17) is 0 Å². The molecule has 0 N–H and O–H groups in total. The first-order chi connectivity index (χ1) is 5.83. The molecule has 0 radical (unpaired) electrons. The third-order valence-corrected chi connectivity index (χ3v) is 2.45. The van der Waals surface area contributed by atoms with Crippen molar-refractivity contribution in [1.82, 2.24) is 0 Å². The average molecular weight is 245 g/mol. The van der Waals surface area contributed by atoms with Crippen LogP contribution < -0.4 is 24.8 Å². The maximum atomic E-state index is 2.77. The molecule has 0 nitrogen and oxygen atoms in total. The fraction of sp³-hybridized carbons (Fsp3) is 0.455. The largest absolute Gasteiger partial charge is 1.00 e. The fourth-order valence-electron chi connectivity index (χ4n) is 1.23. The van der Waals surface area contributed by atoms with E-state index in [1.165, 1.54) is 35.7 Å². The van der Waals surface area contributed by atoms with Crippen LogP contribution in [0.2, 0.25) is 5.28 Å². The Morgan fingerprint density at radius 2 is 1.57 bits per heavy atom. The Morgan fingerprint density at radius 3 is 2.07 bits per heavy atom.